The smallest absolute Gasteiger partial charge is 0.241 e. The Morgan fingerprint density at radius 1 is 1.37 bits per heavy atom. The Morgan fingerprint density at radius 3 is 2.68 bits per heavy atom. The molecule has 0 atom stereocenters. The summed E-state index contributed by atoms with van der Waals surface area (Å²) >= 11 is 6.53. The molecule has 0 radical (unpaired) electrons. The lowest BCUT2D eigenvalue weighted by molar-refractivity contribution is 0.580. The molecule has 0 fully saturated rings. The van der Waals surface area contributed by atoms with Crippen LogP contribution in [0.25, 0.3) is 0 Å². The number of H-pyrrole nitrogens is 1. The Labute approximate surface area is 128 Å². The predicted octanol–water partition coefficient (Wildman–Crippen LogP) is 2.72. The van der Waals surface area contributed by atoms with Crippen LogP contribution in [0.1, 0.15) is 11.3 Å². The van der Waals surface area contributed by atoms with Crippen LogP contribution in [0.2, 0.25) is 0 Å². The van der Waals surface area contributed by atoms with Gasteiger partial charge in [-0.1, -0.05) is 15.9 Å². The summed E-state index contributed by atoms with van der Waals surface area (Å²) in [6.07, 6.45) is 1.61. The molecule has 5 nitrogen and oxygen atoms in total. The van der Waals surface area contributed by atoms with Crippen LogP contribution in [-0.2, 0) is 16.6 Å². The lowest BCUT2D eigenvalue weighted by Gasteiger charge is -2.08. The lowest BCUT2D eigenvalue weighted by Crippen LogP contribution is -2.23. The zero-order valence-electron chi connectivity index (χ0n) is 9.94. The van der Waals surface area contributed by atoms with Gasteiger partial charge in [0.05, 0.1) is 11.1 Å². The van der Waals surface area contributed by atoms with Crippen molar-refractivity contribution in [1.29, 1.82) is 0 Å². The molecule has 0 aliphatic heterocycles. The van der Waals surface area contributed by atoms with Crippen LogP contribution in [0.5, 0.6) is 0 Å². The molecule has 2 rings (SSSR count). The van der Waals surface area contributed by atoms with Crippen LogP contribution in [-0.4, -0.2) is 18.6 Å². The van der Waals surface area contributed by atoms with Crippen LogP contribution in [0, 0.1) is 6.92 Å². The van der Waals surface area contributed by atoms with Crippen molar-refractivity contribution in [1.82, 2.24) is 14.9 Å². The molecule has 0 spiro atoms. The fourth-order valence-electron chi connectivity index (χ4n) is 1.50. The van der Waals surface area contributed by atoms with Gasteiger partial charge in [0.2, 0.25) is 10.0 Å². The number of nitrogens with zero attached hydrogens (tertiary/aromatic N) is 1. The summed E-state index contributed by atoms with van der Waals surface area (Å²) in [7, 11) is -3.56. The highest BCUT2D eigenvalue weighted by molar-refractivity contribution is 9.11. The molecule has 0 amide bonds. The molecule has 0 bridgehead atoms. The number of rotatable bonds is 4. The Hall–Kier alpha value is -0.700. The summed E-state index contributed by atoms with van der Waals surface area (Å²) in [5, 5.41) is 6.61. The normalized spacial score (nSPS) is 11.7. The first kappa shape index (κ1) is 14.7. The number of aromatic nitrogens is 2. The highest BCUT2D eigenvalue weighted by Crippen LogP contribution is 2.25. The largest absolute Gasteiger partial charge is 0.283 e. The van der Waals surface area contributed by atoms with Crippen LogP contribution >= 0.6 is 31.9 Å². The Balaban J connectivity index is 2.21. The van der Waals surface area contributed by atoms with E-state index in [2.05, 4.69) is 46.8 Å². The number of hydrogen-bond acceptors (Lipinski definition) is 3. The second-order valence-corrected chi connectivity index (χ2v) is 7.42. The van der Waals surface area contributed by atoms with Crippen molar-refractivity contribution in [2.45, 2.75) is 18.4 Å². The highest BCUT2D eigenvalue weighted by Gasteiger charge is 2.18. The summed E-state index contributed by atoms with van der Waals surface area (Å²) < 4.78 is 28.2. The molecule has 0 unspecified atom stereocenters. The Morgan fingerprint density at radius 2 is 2.11 bits per heavy atom. The van der Waals surface area contributed by atoms with Gasteiger partial charge in [-0.3, -0.25) is 5.10 Å². The van der Waals surface area contributed by atoms with Crippen LogP contribution in [0.3, 0.4) is 0 Å². The molecule has 0 saturated carbocycles. The molecule has 19 heavy (non-hydrogen) atoms. The highest BCUT2D eigenvalue weighted by atomic mass is 79.9. The van der Waals surface area contributed by atoms with Crippen molar-refractivity contribution in [3.8, 4) is 0 Å². The van der Waals surface area contributed by atoms with Gasteiger partial charge < -0.3 is 0 Å². The molecule has 8 heteroatoms. The van der Waals surface area contributed by atoms with Crippen LogP contribution in [0.4, 0.5) is 0 Å². The van der Waals surface area contributed by atoms with E-state index in [0.717, 1.165) is 15.7 Å². The van der Waals surface area contributed by atoms with Gasteiger partial charge in [0, 0.05) is 26.7 Å². The minimum Gasteiger partial charge on any atom is -0.283 e. The van der Waals surface area contributed by atoms with E-state index in [4.69, 9.17) is 0 Å². The second-order valence-electron chi connectivity index (χ2n) is 3.92. The number of sulfonamides is 1. The zero-order chi connectivity index (χ0) is 14.0. The molecule has 0 saturated heterocycles. The quantitative estimate of drug-likeness (QED) is 0.816. The maximum Gasteiger partial charge on any atom is 0.241 e. The third kappa shape index (κ3) is 3.44. The molecule has 1 aromatic carbocycles. The van der Waals surface area contributed by atoms with Gasteiger partial charge in [0.25, 0.3) is 0 Å². The molecule has 102 valence electrons. The number of hydrogen-bond donors (Lipinski definition) is 2. The summed E-state index contributed by atoms with van der Waals surface area (Å²) in [6.45, 7) is 2.04. The minimum absolute atomic E-state index is 0.202. The molecular weight excluding hydrogens is 398 g/mol. The number of aromatic amines is 1. The lowest BCUT2D eigenvalue weighted by atomic mass is 10.3. The summed E-state index contributed by atoms with van der Waals surface area (Å²) in [6, 6.07) is 4.92. The fraction of sp³-hybridized carbons (Fsp3) is 0.182. The number of halogens is 2. The number of benzene rings is 1. The molecular formula is C11H11Br2N3O2S. The fourth-order valence-corrected chi connectivity index (χ4v) is 4.25. The van der Waals surface area contributed by atoms with E-state index >= 15 is 0 Å². The van der Waals surface area contributed by atoms with E-state index in [1.807, 2.05) is 6.92 Å². The van der Waals surface area contributed by atoms with Gasteiger partial charge in [-0.2, -0.15) is 5.10 Å². The van der Waals surface area contributed by atoms with E-state index in [9.17, 15) is 8.42 Å². The summed E-state index contributed by atoms with van der Waals surface area (Å²) in [5.41, 5.74) is 1.66. The standard InChI is InChI=1S/C11H11Br2N3O2S/c1-7-8(5-14-16-7)6-15-19(17,18)11-3-2-9(12)4-10(11)13/h2-5,15H,6H2,1H3,(H,14,16). The SMILES string of the molecule is Cc1[nH]ncc1CNS(=O)(=O)c1ccc(Br)cc1Br. The Kier molecular flexibility index (Phi) is 4.44. The van der Waals surface area contributed by atoms with Crippen molar-refractivity contribution in [2.75, 3.05) is 0 Å². The molecule has 0 aliphatic rings. The Bertz CT molecular complexity index is 698. The predicted molar refractivity (Wildman–Crippen MR) is 79.2 cm³/mol. The minimum atomic E-state index is -3.56. The van der Waals surface area contributed by atoms with Gasteiger partial charge in [-0.15, -0.1) is 0 Å². The first-order chi connectivity index (χ1) is 8.90. The first-order valence-electron chi connectivity index (χ1n) is 5.34. The van der Waals surface area contributed by atoms with Crippen molar-refractivity contribution >= 4 is 41.9 Å². The van der Waals surface area contributed by atoms with Gasteiger partial charge in [0.15, 0.2) is 0 Å². The van der Waals surface area contributed by atoms with Crippen LogP contribution < -0.4 is 4.72 Å². The third-order valence-corrected chi connectivity index (χ3v) is 5.44. The third-order valence-electron chi connectivity index (χ3n) is 2.57. The average molecular weight is 409 g/mol. The van der Waals surface area contributed by atoms with E-state index in [1.54, 1.807) is 24.4 Å². The maximum atomic E-state index is 12.2. The van der Waals surface area contributed by atoms with Crippen LogP contribution in [0.15, 0.2) is 38.2 Å². The van der Waals surface area contributed by atoms with E-state index in [0.29, 0.717) is 4.47 Å². The average Bonchev–Trinajstić information content (AvgIpc) is 2.72. The van der Waals surface area contributed by atoms with Gasteiger partial charge in [-0.25, -0.2) is 13.1 Å². The van der Waals surface area contributed by atoms with Crippen molar-refractivity contribution < 1.29 is 8.42 Å². The van der Waals surface area contributed by atoms with Crippen molar-refractivity contribution in [2.24, 2.45) is 0 Å². The van der Waals surface area contributed by atoms with E-state index < -0.39 is 10.0 Å². The zero-order valence-corrected chi connectivity index (χ0v) is 13.9. The molecule has 1 heterocycles. The van der Waals surface area contributed by atoms with E-state index in [1.165, 1.54) is 0 Å². The molecule has 1 aromatic heterocycles. The van der Waals surface area contributed by atoms with Crippen molar-refractivity contribution in [3.05, 3.63) is 44.6 Å². The number of aryl methyl sites for hydroxylation is 1. The topological polar surface area (TPSA) is 74.8 Å². The van der Waals surface area contributed by atoms with Crippen molar-refractivity contribution in [3.63, 3.8) is 0 Å². The molecule has 2 N–H and O–H groups in total. The molecule has 0 aliphatic carbocycles. The molecule has 2 aromatic rings. The van der Waals surface area contributed by atoms with Gasteiger partial charge >= 0.3 is 0 Å². The summed E-state index contributed by atoms with van der Waals surface area (Å²) in [5.74, 6) is 0. The first-order valence-corrected chi connectivity index (χ1v) is 8.40. The number of nitrogens with one attached hydrogen (secondary N) is 2. The van der Waals surface area contributed by atoms with E-state index in [-0.39, 0.29) is 11.4 Å². The summed E-state index contributed by atoms with van der Waals surface area (Å²) in [4.78, 5) is 0.205. The maximum absolute atomic E-state index is 12.2. The van der Waals surface area contributed by atoms with Gasteiger partial charge in [-0.05, 0) is 41.1 Å². The monoisotopic (exact) mass is 407 g/mol. The van der Waals surface area contributed by atoms with Gasteiger partial charge in [0.1, 0.15) is 0 Å². The second kappa shape index (κ2) is 5.74.